The molecule has 1 aliphatic carbocycles. The Labute approximate surface area is 122 Å². The molecule has 0 spiro atoms. The van der Waals surface area contributed by atoms with Crippen LogP contribution in [0.3, 0.4) is 0 Å². The minimum Gasteiger partial charge on any atom is -0.385 e. The van der Waals surface area contributed by atoms with Gasteiger partial charge in [-0.25, -0.2) is 4.39 Å². The molecule has 1 saturated carbocycles. The molecule has 2 heteroatoms. The molecule has 0 radical (unpaired) electrons. The molecule has 1 fully saturated rings. The molecule has 0 amide bonds. The van der Waals surface area contributed by atoms with Gasteiger partial charge in [0.1, 0.15) is 5.82 Å². The Bertz CT molecular complexity index is 475. The topological polar surface area (TPSA) is 20.2 Å². The molecule has 1 N–H and O–H groups in total. The van der Waals surface area contributed by atoms with Crippen LogP contribution in [-0.2, 0) is 5.60 Å². The molecule has 0 aromatic heterocycles. The first kappa shape index (κ1) is 15.5. The molecule has 2 rings (SSSR count). The molecule has 1 nitrogen and oxygen atoms in total. The predicted molar refractivity (Wildman–Crippen MR) is 81.1 cm³/mol. The van der Waals surface area contributed by atoms with Crippen molar-refractivity contribution < 1.29 is 9.50 Å². The van der Waals surface area contributed by atoms with Gasteiger partial charge in [-0.3, -0.25) is 0 Å². The van der Waals surface area contributed by atoms with E-state index >= 15 is 0 Å². The molecule has 20 heavy (non-hydrogen) atoms. The van der Waals surface area contributed by atoms with E-state index in [-0.39, 0.29) is 5.82 Å². The smallest absolute Gasteiger partial charge is 0.126 e. The van der Waals surface area contributed by atoms with Crippen LogP contribution in [0, 0.1) is 24.1 Å². The first-order valence-electron chi connectivity index (χ1n) is 7.71. The zero-order chi connectivity index (χ0) is 15.0. The van der Waals surface area contributed by atoms with E-state index in [4.69, 9.17) is 0 Å². The van der Waals surface area contributed by atoms with Crippen molar-refractivity contribution in [1.82, 2.24) is 0 Å². The third-order valence-corrected chi connectivity index (χ3v) is 4.97. The number of hydrogen-bond acceptors (Lipinski definition) is 1. The van der Waals surface area contributed by atoms with Gasteiger partial charge < -0.3 is 5.11 Å². The molecule has 0 bridgehead atoms. The lowest BCUT2D eigenvalue weighted by Gasteiger charge is -2.31. The summed E-state index contributed by atoms with van der Waals surface area (Å²) in [4.78, 5) is 0. The number of halogens is 1. The van der Waals surface area contributed by atoms with Crippen LogP contribution in [0.4, 0.5) is 4.39 Å². The summed E-state index contributed by atoms with van der Waals surface area (Å²) in [7, 11) is 0. The third-order valence-electron chi connectivity index (χ3n) is 4.97. The Hall–Kier alpha value is -0.890. The predicted octanol–water partition coefficient (Wildman–Crippen LogP) is 4.95. The summed E-state index contributed by atoms with van der Waals surface area (Å²) >= 11 is 0. The highest BCUT2D eigenvalue weighted by molar-refractivity contribution is 5.29. The first-order valence-corrected chi connectivity index (χ1v) is 7.71. The van der Waals surface area contributed by atoms with Crippen LogP contribution in [0.1, 0.15) is 64.0 Å². The van der Waals surface area contributed by atoms with E-state index in [0.717, 1.165) is 31.2 Å². The zero-order valence-corrected chi connectivity index (χ0v) is 13.2. The van der Waals surface area contributed by atoms with Crippen molar-refractivity contribution in [2.75, 3.05) is 0 Å². The number of hydrogen-bond donors (Lipinski definition) is 1. The lowest BCUT2D eigenvalue weighted by Crippen LogP contribution is -2.26. The van der Waals surface area contributed by atoms with E-state index in [1.54, 1.807) is 13.0 Å². The number of benzene rings is 1. The number of rotatable bonds is 1. The summed E-state index contributed by atoms with van der Waals surface area (Å²) in [6.45, 7) is 8.61. The number of aliphatic hydroxyl groups is 1. The van der Waals surface area contributed by atoms with Crippen LogP contribution in [0.25, 0.3) is 0 Å². The summed E-state index contributed by atoms with van der Waals surface area (Å²) in [6.07, 6.45) is 4.81. The Kier molecular flexibility index (Phi) is 4.24. The van der Waals surface area contributed by atoms with Crippen LogP contribution in [0.2, 0.25) is 0 Å². The van der Waals surface area contributed by atoms with Crippen LogP contribution in [0.15, 0.2) is 18.2 Å². The summed E-state index contributed by atoms with van der Waals surface area (Å²) < 4.78 is 13.4. The maximum atomic E-state index is 13.4. The highest BCUT2D eigenvalue weighted by Crippen LogP contribution is 2.43. The van der Waals surface area contributed by atoms with Crippen molar-refractivity contribution in [3.8, 4) is 0 Å². The van der Waals surface area contributed by atoms with E-state index in [1.165, 1.54) is 12.5 Å². The lowest BCUT2D eigenvalue weighted by molar-refractivity contribution is 0.0178. The summed E-state index contributed by atoms with van der Waals surface area (Å²) in [6, 6.07) is 5.04. The quantitative estimate of drug-likeness (QED) is 0.721. The Balaban J connectivity index is 2.20. The minimum absolute atomic E-state index is 0.196. The van der Waals surface area contributed by atoms with E-state index in [9.17, 15) is 9.50 Å². The normalized spacial score (nSPS) is 28.2. The van der Waals surface area contributed by atoms with Gasteiger partial charge in [-0.15, -0.1) is 0 Å². The molecule has 1 aromatic carbocycles. The first-order chi connectivity index (χ1) is 9.22. The van der Waals surface area contributed by atoms with Gasteiger partial charge >= 0.3 is 0 Å². The molecule has 112 valence electrons. The van der Waals surface area contributed by atoms with E-state index in [2.05, 4.69) is 20.8 Å². The van der Waals surface area contributed by atoms with Gasteiger partial charge in [-0.2, -0.15) is 0 Å². The second kappa shape index (κ2) is 5.48. The maximum absolute atomic E-state index is 13.4. The van der Waals surface area contributed by atoms with E-state index < -0.39 is 5.60 Å². The summed E-state index contributed by atoms with van der Waals surface area (Å²) in [5, 5.41) is 11.0. The molecule has 2 atom stereocenters. The van der Waals surface area contributed by atoms with Crippen molar-refractivity contribution in [1.29, 1.82) is 0 Å². The van der Waals surface area contributed by atoms with Gasteiger partial charge in [0.05, 0.1) is 5.60 Å². The third kappa shape index (κ3) is 3.22. The molecule has 0 heterocycles. The van der Waals surface area contributed by atoms with Gasteiger partial charge in [-0.1, -0.05) is 32.9 Å². The largest absolute Gasteiger partial charge is 0.385 e. The second-order valence-corrected chi connectivity index (χ2v) is 7.49. The maximum Gasteiger partial charge on any atom is 0.126 e. The molecular formula is C18H27FO. The fraction of sp³-hybridized carbons (Fsp3) is 0.667. The van der Waals surface area contributed by atoms with Crippen molar-refractivity contribution in [2.24, 2.45) is 11.3 Å². The van der Waals surface area contributed by atoms with Gasteiger partial charge in [-0.05, 0) is 67.6 Å². The minimum atomic E-state index is -0.779. The molecule has 1 aliphatic rings. The molecule has 0 aliphatic heterocycles. The van der Waals surface area contributed by atoms with E-state index in [1.807, 2.05) is 6.07 Å². The lowest BCUT2D eigenvalue weighted by atomic mass is 9.76. The van der Waals surface area contributed by atoms with Crippen LogP contribution in [-0.4, -0.2) is 5.11 Å². The average Bonchev–Trinajstić information content (AvgIpc) is 2.55. The second-order valence-electron chi connectivity index (χ2n) is 7.49. The monoisotopic (exact) mass is 278 g/mol. The van der Waals surface area contributed by atoms with Crippen molar-refractivity contribution in [3.63, 3.8) is 0 Å². The standard InChI is InChI=1S/C18H27FO/c1-13-12-15(7-8-16(13)19)18(20)10-5-6-14(9-11-18)17(2,3)4/h7-8,12,14,20H,5-6,9-11H2,1-4H3. The number of aryl methyl sites for hydroxylation is 1. The average molecular weight is 278 g/mol. The molecular weight excluding hydrogens is 251 g/mol. The SMILES string of the molecule is Cc1cc(C2(O)CCCC(C(C)(C)C)CC2)ccc1F. The van der Waals surface area contributed by atoms with Crippen molar-refractivity contribution in [3.05, 3.63) is 35.1 Å². The summed E-state index contributed by atoms with van der Waals surface area (Å²) in [5.41, 5.74) is 1.01. The Morgan fingerprint density at radius 1 is 1.20 bits per heavy atom. The summed E-state index contributed by atoms with van der Waals surface area (Å²) in [5.74, 6) is 0.455. The van der Waals surface area contributed by atoms with Crippen LogP contribution in [0.5, 0.6) is 0 Å². The van der Waals surface area contributed by atoms with Gasteiger partial charge in [0.25, 0.3) is 0 Å². The fourth-order valence-electron chi connectivity index (χ4n) is 3.41. The van der Waals surface area contributed by atoms with Crippen LogP contribution >= 0.6 is 0 Å². The Morgan fingerprint density at radius 3 is 2.50 bits per heavy atom. The highest BCUT2D eigenvalue weighted by Gasteiger charge is 2.36. The van der Waals surface area contributed by atoms with Crippen molar-refractivity contribution in [2.45, 2.75) is 65.4 Å². The van der Waals surface area contributed by atoms with Gasteiger partial charge in [0.15, 0.2) is 0 Å². The van der Waals surface area contributed by atoms with Gasteiger partial charge in [0, 0.05) is 0 Å². The fourth-order valence-corrected chi connectivity index (χ4v) is 3.41. The van der Waals surface area contributed by atoms with Crippen molar-refractivity contribution >= 4 is 0 Å². The molecule has 1 aromatic rings. The molecule has 2 unspecified atom stereocenters. The Morgan fingerprint density at radius 2 is 1.90 bits per heavy atom. The van der Waals surface area contributed by atoms with Gasteiger partial charge in [0.2, 0.25) is 0 Å². The zero-order valence-electron chi connectivity index (χ0n) is 13.2. The highest BCUT2D eigenvalue weighted by atomic mass is 19.1. The van der Waals surface area contributed by atoms with E-state index in [0.29, 0.717) is 16.9 Å². The molecule has 0 saturated heterocycles. The van der Waals surface area contributed by atoms with Crippen LogP contribution < -0.4 is 0 Å².